The Bertz CT molecular complexity index is 591. The van der Waals surface area contributed by atoms with E-state index in [0.29, 0.717) is 24.8 Å². The van der Waals surface area contributed by atoms with Crippen molar-refractivity contribution in [3.8, 4) is 0 Å². The van der Waals surface area contributed by atoms with Crippen LogP contribution in [0.4, 0.5) is 0 Å². The summed E-state index contributed by atoms with van der Waals surface area (Å²) < 4.78 is 7.64. The summed E-state index contributed by atoms with van der Waals surface area (Å²) in [6.07, 6.45) is 1.70. The lowest BCUT2D eigenvalue weighted by molar-refractivity contribution is -0.145. The van der Waals surface area contributed by atoms with Gasteiger partial charge in [0.1, 0.15) is 6.04 Å². The minimum Gasteiger partial charge on any atom is -0.464 e. The highest BCUT2D eigenvalue weighted by atomic mass is 32.2. The number of ether oxygens (including phenoxy) is 1. The molecule has 0 aliphatic carbocycles. The number of nitroso groups, excluding NO2 is 1. The van der Waals surface area contributed by atoms with Crippen molar-refractivity contribution >= 4 is 23.8 Å². The van der Waals surface area contributed by atoms with E-state index in [4.69, 9.17) is 4.74 Å². The number of carbonyl (C=O) groups excluding carboxylic acids is 2. The van der Waals surface area contributed by atoms with Gasteiger partial charge in [-0.25, -0.2) is 4.79 Å². The molecule has 7 nitrogen and oxygen atoms in total. The Hall–Kier alpha value is -1.93. The SMILES string of the molecule is CCOC(=O)C(CC1(SN=O)CCNCC1)NC(=O)c1ccccc1. The van der Waals surface area contributed by atoms with Gasteiger partial charge in [-0.1, -0.05) is 18.2 Å². The molecular weight excluding hydrogens is 342 g/mol. The van der Waals surface area contributed by atoms with Gasteiger partial charge >= 0.3 is 5.97 Å². The number of nitrogens with one attached hydrogen (secondary N) is 2. The van der Waals surface area contributed by atoms with Gasteiger partial charge in [0.05, 0.1) is 6.61 Å². The van der Waals surface area contributed by atoms with E-state index in [2.05, 4.69) is 15.2 Å². The fourth-order valence-electron chi connectivity index (χ4n) is 2.93. The van der Waals surface area contributed by atoms with E-state index in [9.17, 15) is 14.5 Å². The largest absolute Gasteiger partial charge is 0.464 e. The van der Waals surface area contributed by atoms with Gasteiger partial charge in [0.25, 0.3) is 5.91 Å². The molecule has 0 radical (unpaired) electrons. The molecule has 1 unspecified atom stereocenters. The Morgan fingerprint density at radius 2 is 2.00 bits per heavy atom. The summed E-state index contributed by atoms with van der Waals surface area (Å²) in [5, 5.41) is 5.99. The molecule has 8 heteroatoms. The normalized spacial score (nSPS) is 17.3. The van der Waals surface area contributed by atoms with Gasteiger partial charge in [-0.2, -0.15) is 0 Å². The number of piperidine rings is 1. The van der Waals surface area contributed by atoms with Crippen LogP contribution in [0.15, 0.2) is 34.9 Å². The summed E-state index contributed by atoms with van der Waals surface area (Å²) in [5.41, 5.74) is 0.470. The van der Waals surface area contributed by atoms with Crippen LogP contribution < -0.4 is 10.6 Å². The lowest BCUT2D eigenvalue weighted by Crippen LogP contribution is -2.49. The van der Waals surface area contributed by atoms with Gasteiger partial charge < -0.3 is 15.4 Å². The van der Waals surface area contributed by atoms with Gasteiger partial charge in [-0.05, 0) is 51.4 Å². The molecule has 1 heterocycles. The highest BCUT2D eigenvalue weighted by Gasteiger charge is 2.39. The van der Waals surface area contributed by atoms with Crippen molar-refractivity contribution in [2.24, 2.45) is 4.58 Å². The van der Waals surface area contributed by atoms with Crippen LogP contribution in [0.1, 0.15) is 36.5 Å². The summed E-state index contributed by atoms with van der Waals surface area (Å²) in [6, 6.07) is 7.87. The predicted molar refractivity (Wildman–Crippen MR) is 97.2 cm³/mol. The number of benzene rings is 1. The third-order valence-corrected chi connectivity index (χ3v) is 5.27. The fourth-order valence-corrected chi connectivity index (χ4v) is 3.72. The molecule has 0 bridgehead atoms. The first kappa shape index (κ1) is 19.4. The summed E-state index contributed by atoms with van der Waals surface area (Å²) in [7, 11) is 0. The standard InChI is InChI=1S/C17H23N3O4S/c1-2-24-16(22)14(19-15(21)13-6-4-3-5-7-13)12-17(25-20-23)8-10-18-11-9-17/h3-7,14,18H,2,8-12H2,1H3,(H,19,21). The Balaban J connectivity index is 2.15. The zero-order valence-electron chi connectivity index (χ0n) is 14.2. The van der Waals surface area contributed by atoms with Crippen molar-refractivity contribution in [2.45, 2.75) is 37.0 Å². The van der Waals surface area contributed by atoms with Crippen molar-refractivity contribution in [3.05, 3.63) is 40.8 Å². The highest BCUT2D eigenvalue weighted by molar-refractivity contribution is 7.99. The maximum atomic E-state index is 12.4. The number of rotatable bonds is 8. The zero-order chi connectivity index (χ0) is 18.1. The highest BCUT2D eigenvalue weighted by Crippen LogP contribution is 2.39. The van der Waals surface area contributed by atoms with Crippen molar-refractivity contribution in [1.82, 2.24) is 10.6 Å². The molecule has 2 N–H and O–H groups in total. The number of amides is 1. The van der Waals surface area contributed by atoms with Crippen LogP contribution in [-0.2, 0) is 9.53 Å². The van der Waals surface area contributed by atoms with Crippen LogP contribution in [-0.4, -0.2) is 42.4 Å². The van der Waals surface area contributed by atoms with E-state index >= 15 is 0 Å². The van der Waals surface area contributed by atoms with Gasteiger partial charge in [0, 0.05) is 26.8 Å². The van der Waals surface area contributed by atoms with E-state index in [0.717, 1.165) is 25.0 Å². The van der Waals surface area contributed by atoms with E-state index in [1.807, 2.05) is 6.07 Å². The minimum atomic E-state index is -0.819. The molecule has 1 aromatic carbocycles. The molecule has 0 saturated carbocycles. The van der Waals surface area contributed by atoms with Crippen LogP contribution in [0, 0.1) is 4.91 Å². The van der Waals surface area contributed by atoms with Gasteiger partial charge in [0.2, 0.25) is 0 Å². The Morgan fingerprint density at radius 3 is 2.60 bits per heavy atom. The van der Waals surface area contributed by atoms with Gasteiger partial charge in [0.15, 0.2) is 0 Å². The van der Waals surface area contributed by atoms with Crippen LogP contribution in [0.2, 0.25) is 0 Å². The third kappa shape index (κ3) is 5.54. The molecule has 2 rings (SSSR count). The Kier molecular flexibility index (Phi) is 7.39. The van der Waals surface area contributed by atoms with Gasteiger partial charge in [-0.15, -0.1) is 4.91 Å². The van der Waals surface area contributed by atoms with Crippen LogP contribution in [0.5, 0.6) is 0 Å². The zero-order valence-corrected chi connectivity index (χ0v) is 15.0. The summed E-state index contributed by atoms with van der Waals surface area (Å²) in [4.78, 5) is 35.7. The molecule has 1 aliphatic heterocycles. The molecule has 0 spiro atoms. The molecule has 0 aromatic heterocycles. The first-order valence-corrected chi connectivity index (χ1v) is 9.11. The smallest absolute Gasteiger partial charge is 0.328 e. The second-order valence-corrected chi connectivity index (χ2v) is 7.14. The predicted octanol–water partition coefficient (Wildman–Crippen LogP) is 2.28. The van der Waals surface area contributed by atoms with E-state index in [1.54, 1.807) is 31.2 Å². The number of esters is 1. The number of hydrogen-bond donors (Lipinski definition) is 2. The molecule has 1 aromatic rings. The minimum absolute atomic E-state index is 0.226. The second kappa shape index (κ2) is 9.53. The summed E-state index contributed by atoms with van der Waals surface area (Å²) in [6.45, 7) is 3.43. The Labute approximate surface area is 151 Å². The molecule has 1 atom stereocenters. The number of nitrogens with zero attached hydrogens (tertiary/aromatic N) is 1. The second-order valence-electron chi connectivity index (χ2n) is 5.95. The quantitative estimate of drug-likeness (QED) is 0.417. The lowest BCUT2D eigenvalue weighted by Gasteiger charge is -2.36. The molecule has 1 fully saturated rings. The number of carbonyl (C=O) groups is 2. The van der Waals surface area contributed by atoms with Crippen molar-refractivity contribution < 1.29 is 14.3 Å². The van der Waals surface area contributed by atoms with Gasteiger partial charge in [-0.3, -0.25) is 4.79 Å². The van der Waals surface area contributed by atoms with Crippen LogP contribution in [0.25, 0.3) is 0 Å². The topological polar surface area (TPSA) is 96.9 Å². The molecule has 25 heavy (non-hydrogen) atoms. The van der Waals surface area contributed by atoms with E-state index < -0.39 is 16.8 Å². The van der Waals surface area contributed by atoms with Crippen molar-refractivity contribution in [1.29, 1.82) is 0 Å². The van der Waals surface area contributed by atoms with Crippen molar-refractivity contribution in [2.75, 3.05) is 19.7 Å². The maximum Gasteiger partial charge on any atom is 0.328 e. The molecule has 1 saturated heterocycles. The van der Waals surface area contributed by atoms with Crippen LogP contribution >= 0.6 is 11.9 Å². The van der Waals surface area contributed by atoms with E-state index in [1.165, 1.54) is 0 Å². The number of hydrogen-bond acceptors (Lipinski definition) is 7. The monoisotopic (exact) mass is 365 g/mol. The summed E-state index contributed by atoms with van der Waals surface area (Å²) >= 11 is 0.957. The summed E-state index contributed by atoms with van der Waals surface area (Å²) in [5.74, 6) is -0.831. The molecule has 1 aliphatic rings. The molecule has 1 amide bonds. The van der Waals surface area contributed by atoms with Crippen LogP contribution in [0.3, 0.4) is 0 Å². The Morgan fingerprint density at radius 1 is 1.32 bits per heavy atom. The average Bonchev–Trinajstić information content (AvgIpc) is 2.63. The fraction of sp³-hybridized carbons (Fsp3) is 0.529. The maximum absolute atomic E-state index is 12.4. The third-order valence-electron chi connectivity index (χ3n) is 4.23. The first-order chi connectivity index (χ1) is 12.1. The van der Waals surface area contributed by atoms with E-state index in [-0.39, 0.29) is 12.5 Å². The molecule has 136 valence electrons. The average molecular weight is 365 g/mol. The van der Waals surface area contributed by atoms with Crippen molar-refractivity contribution in [3.63, 3.8) is 0 Å². The first-order valence-electron chi connectivity index (χ1n) is 8.34. The lowest BCUT2D eigenvalue weighted by atomic mass is 9.89. The molecular formula is C17H23N3O4S.